The highest BCUT2D eigenvalue weighted by Gasteiger charge is 2.23. The van der Waals surface area contributed by atoms with E-state index in [9.17, 15) is 9.59 Å². The van der Waals surface area contributed by atoms with Crippen LogP contribution in [0.15, 0.2) is 62.7 Å². The quantitative estimate of drug-likeness (QED) is 0.360. The smallest absolute Gasteiger partial charge is 0.312 e. The number of amides is 1. The molecule has 30 heavy (non-hydrogen) atoms. The van der Waals surface area contributed by atoms with Crippen LogP contribution in [-0.2, 0) is 0 Å². The molecule has 148 valence electrons. The lowest BCUT2D eigenvalue weighted by molar-refractivity contribution is 0.0992. The summed E-state index contributed by atoms with van der Waals surface area (Å²) in [4.78, 5) is 29.3. The predicted molar refractivity (Wildman–Crippen MR) is 116 cm³/mol. The molecule has 3 aromatic heterocycles. The van der Waals surface area contributed by atoms with Gasteiger partial charge in [-0.05, 0) is 44.2 Å². The fourth-order valence-corrected chi connectivity index (χ4v) is 4.40. The van der Waals surface area contributed by atoms with Gasteiger partial charge in [-0.3, -0.25) is 9.59 Å². The van der Waals surface area contributed by atoms with E-state index in [0.29, 0.717) is 33.0 Å². The number of benzene rings is 2. The number of Topliss-reactive ketones (excluding diaryl/α,β-unsaturated/α-hetero) is 1. The van der Waals surface area contributed by atoms with E-state index in [1.807, 2.05) is 48.7 Å². The van der Waals surface area contributed by atoms with E-state index < -0.39 is 5.91 Å². The molecule has 6 nitrogen and oxygen atoms in total. The molecule has 1 amide bonds. The summed E-state index contributed by atoms with van der Waals surface area (Å²) in [6.07, 6.45) is 0. The van der Waals surface area contributed by atoms with Crippen LogP contribution in [-0.4, -0.2) is 16.7 Å². The van der Waals surface area contributed by atoms with Crippen LogP contribution in [0.5, 0.6) is 0 Å². The third kappa shape index (κ3) is 3.09. The van der Waals surface area contributed by atoms with Crippen molar-refractivity contribution in [3.8, 4) is 11.3 Å². The third-order valence-corrected chi connectivity index (χ3v) is 5.69. The van der Waals surface area contributed by atoms with E-state index in [4.69, 9.17) is 8.83 Å². The van der Waals surface area contributed by atoms with Crippen LogP contribution in [0.1, 0.15) is 33.5 Å². The minimum atomic E-state index is -0.512. The summed E-state index contributed by atoms with van der Waals surface area (Å²) in [5, 5.41) is 5.96. The number of nitrogens with zero attached hydrogens (tertiary/aromatic N) is 1. The zero-order valence-corrected chi connectivity index (χ0v) is 17.0. The summed E-state index contributed by atoms with van der Waals surface area (Å²) in [6, 6.07) is 15.0. The van der Waals surface area contributed by atoms with Gasteiger partial charge in [-0.2, -0.15) is 0 Å². The maximum Gasteiger partial charge on any atom is 0.312 e. The van der Waals surface area contributed by atoms with Crippen molar-refractivity contribution in [1.82, 2.24) is 4.98 Å². The van der Waals surface area contributed by atoms with Gasteiger partial charge in [-0.1, -0.05) is 23.8 Å². The Kier molecular flexibility index (Phi) is 4.25. The average Bonchev–Trinajstić information content (AvgIpc) is 3.43. The van der Waals surface area contributed by atoms with E-state index in [0.717, 1.165) is 16.5 Å². The number of aromatic nitrogens is 1. The number of oxazole rings is 1. The minimum Gasteiger partial charge on any atom is -0.456 e. The fourth-order valence-electron chi connectivity index (χ4n) is 3.40. The Morgan fingerprint density at radius 2 is 1.87 bits per heavy atom. The molecule has 5 rings (SSSR count). The normalized spacial score (nSPS) is 11.3. The number of ketones is 1. The van der Waals surface area contributed by atoms with E-state index in [2.05, 4.69) is 10.3 Å². The molecule has 0 spiro atoms. The first-order chi connectivity index (χ1) is 14.5. The molecule has 0 saturated carbocycles. The predicted octanol–water partition coefficient (Wildman–Crippen LogP) is 6.07. The number of rotatable bonds is 4. The van der Waals surface area contributed by atoms with Gasteiger partial charge in [-0.15, -0.1) is 11.3 Å². The number of anilines is 1. The number of carbonyl (C=O) groups is 2. The van der Waals surface area contributed by atoms with Crippen LogP contribution in [0.4, 0.5) is 5.00 Å². The first kappa shape index (κ1) is 18.3. The monoisotopic (exact) mass is 416 g/mol. The highest BCUT2D eigenvalue weighted by molar-refractivity contribution is 7.15. The molecule has 0 atom stereocenters. The van der Waals surface area contributed by atoms with Gasteiger partial charge in [0.15, 0.2) is 11.4 Å². The number of nitrogens with one attached hydrogen (secondary N) is 1. The molecule has 0 bridgehead atoms. The van der Waals surface area contributed by atoms with E-state index in [-0.39, 0.29) is 11.7 Å². The Hall–Kier alpha value is -3.71. The van der Waals surface area contributed by atoms with Crippen LogP contribution < -0.4 is 5.32 Å². The van der Waals surface area contributed by atoms with Crippen molar-refractivity contribution >= 4 is 50.1 Å². The largest absolute Gasteiger partial charge is 0.456 e. The Labute approximate surface area is 175 Å². The van der Waals surface area contributed by atoms with E-state index in [1.165, 1.54) is 18.3 Å². The standard InChI is InChI=1S/C23H16N2O4S/c1-12-7-8-17-14(9-12)10-19(28-17)15-11-30-23(20(15)13(2)26)25-21(27)22-24-16-5-3-4-6-18(16)29-22/h3-11H,1-2H3,(H,25,27). The Morgan fingerprint density at radius 3 is 2.67 bits per heavy atom. The molecule has 1 N–H and O–H groups in total. The number of para-hydroxylation sites is 2. The van der Waals surface area contributed by atoms with Crippen molar-refractivity contribution in [3.05, 3.63) is 70.9 Å². The van der Waals surface area contributed by atoms with Crippen LogP contribution >= 0.6 is 11.3 Å². The number of furan rings is 1. The van der Waals surface area contributed by atoms with Gasteiger partial charge in [0.25, 0.3) is 5.89 Å². The molecule has 0 saturated heterocycles. The lowest BCUT2D eigenvalue weighted by atomic mass is 10.1. The number of carbonyl (C=O) groups excluding carboxylic acids is 2. The first-order valence-corrected chi connectivity index (χ1v) is 10.2. The summed E-state index contributed by atoms with van der Waals surface area (Å²) in [5.74, 6) is -0.155. The zero-order valence-electron chi connectivity index (χ0n) is 16.2. The topological polar surface area (TPSA) is 85.3 Å². The maximum absolute atomic E-state index is 12.7. The van der Waals surface area contributed by atoms with Crippen molar-refractivity contribution in [2.45, 2.75) is 13.8 Å². The van der Waals surface area contributed by atoms with Crippen molar-refractivity contribution in [2.24, 2.45) is 0 Å². The molecule has 3 heterocycles. The lowest BCUT2D eigenvalue weighted by Gasteiger charge is -2.03. The molecule has 5 aromatic rings. The molecular weight excluding hydrogens is 400 g/mol. The Morgan fingerprint density at radius 1 is 1.03 bits per heavy atom. The van der Waals surface area contributed by atoms with Crippen LogP contribution in [0, 0.1) is 6.92 Å². The summed E-state index contributed by atoms with van der Waals surface area (Å²) in [6.45, 7) is 3.48. The van der Waals surface area contributed by atoms with Gasteiger partial charge in [0, 0.05) is 16.3 Å². The van der Waals surface area contributed by atoms with Crippen molar-refractivity contribution in [3.63, 3.8) is 0 Å². The second kappa shape index (κ2) is 6.96. The average molecular weight is 416 g/mol. The van der Waals surface area contributed by atoms with Gasteiger partial charge < -0.3 is 14.2 Å². The van der Waals surface area contributed by atoms with Gasteiger partial charge in [0.2, 0.25) is 0 Å². The van der Waals surface area contributed by atoms with Gasteiger partial charge in [0.1, 0.15) is 21.9 Å². The summed E-state index contributed by atoms with van der Waals surface area (Å²) in [5.41, 5.74) is 4.04. The fraction of sp³-hybridized carbons (Fsp3) is 0.0870. The maximum atomic E-state index is 12.7. The molecule has 0 aliphatic carbocycles. The number of hydrogen-bond donors (Lipinski definition) is 1. The summed E-state index contributed by atoms with van der Waals surface area (Å²) >= 11 is 1.26. The van der Waals surface area contributed by atoms with Crippen LogP contribution in [0.3, 0.4) is 0 Å². The van der Waals surface area contributed by atoms with E-state index >= 15 is 0 Å². The second-order valence-electron chi connectivity index (χ2n) is 7.00. The summed E-state index contributed by atoms with van der Waals surface area (Å²) in [7, 11) is 0. The molecular formula is C23H16N2O4S. The lowest BCUT2D eigenvalue weighted by Crippen LogP contribution is -2.13. The molecule has 0 aliphatic rings. The number of thiophene rings is 1. The number of hydrogen-bond acceptors (Lipinski definition) is 6. The molecule has 0 aliphatic heterocycles. The SMILES string of the molecule is CC(=O)c1c(-c2cc3cc(C)ccc3o2)csc1NC(=O)c1nc2ccccc2o1. The molecule has 2 aromatic carbocycles. The first-order valence-electron chi connectivity index (χ1n) is 9.29. The summed E-state index contributed by atoms with van der Waals surface area (Å²) < 4.78 is 11.5. The van der Waals surface area contributed by atoms with Crippen LogP contribution in [0.2, 0.25) is 0 Å². The van der Waals surface area contributed by atoms with E-state index in [1.54, 1.807) is 12.1 Å². The third-order valence-electron chi connectivity index (χ3n) is 4.80. The van der Waals surface area contributed by atoms with Crippen molar-refractivity contribution < 1.29 is 18.4 Å². The van der Waals surface area contributed by atoms with Crippen molar-refractivity contribution in [1.29, 1.82) is 0 Å². The molecule has 0 unspecified atom stereocenters. The van der Waals surface area contributed by atoms with Crippen LogP contribution in [0.25, 0.3) is 33.4 Å². The Balaban J connectivity index is 1.52. The zero-order chi connectivity index (χ0) is 20.8. The van der Waals surface area contributed by atoms with Gasteiger partial charge >= 0.3 is 5.91 Å². The number of aryl methyl sites for hydroxylation is 1. The molecule has 7 heteroatoms. The highest BCUT2D eigenvalue weighted by Crippen LogP contribution is 2.38. The molecule has 0 fully saturated rings. The molecule has 0 radical (unpaired) electrons. The Bertz CT molecular complexity index is 1410. The van der Waals surface area contributed by atoms with Crippen molar-refractivity contribution in [2.75, 3.05) is 5.32 Å². The second-order valence-corrected chi connectivity index (χ2v) is 7.88. The minimum absolute atomic E-state index is 0.0557. The highest BCUT2D eigenvalue weighted by atomic mass is 32.1. The van der Waals surface area contributed by atoms with Gasteiger partial charge in [0.05, 0.1) is 5.56 Å². The van der Waals surface area contributed by atoms with Gasteiger partial charge in [-0.25, -0.2) is 4.98 Å². The number of fused-ring (bicyclic) bond motifs is 2.